The molecule has 5 rings (SSSR count). The van der Waals surface area contributed by atoms with E-state index >= 15 is 0 Å². The quantitative estimate of drug-likeness (QED) is 0.238. The Kier molecular flexibility index (Phi) is 8.47. The Bertz CT molecular complexity index is 1120. The lowest BCUT2D eigenvalue weighted by Crippen LogP contribution is -2.33. The van der Waals surface area contributed by atoms with Crippen LogP contribution in [0, 0.1) is 5.92 Å². The topological polar surface area (TPSA) is 39.1 Å². The maximum absolute atomic E-state index is 9.85. The number of rotatable bonds is 8. The van der Waals surface area contributed by atoms with Crippen LogP contribution in [0.5, 0.6) is 0 Å². The van der Waals surface area contributed by atoms with Gasteiger partial charge in [0.25, 0.3) is 0 Å². The van der Waals surface area contributed by atoms with Gasteiger partial charge in [0.05, 0.1) is 5.71 Å². The van der Waals surface area contributed by atoms with Gasteiger partial charge in [0.2, 0.25) is 0 Å². The standard InChI is InChI=1S/C32H39N3O/c36-33-32(14-11-26-15-19-34(20-16-26)24-27-7-3-1-4-8-27)31-13-12-29-17-21-35(22-18-30(29)23-31)25-28-9-5-2-6-10-28/h1-10,12-13,23,26,36H,11,14-22,24-25H2. The predicted octanol–water partition coefficient (Wildman–Crippen LogP) is 6.16. The number of hydrogen-bond donors (Lipinski definition) is 1. The van der Waals surface area contributed by atoms with E-state index in [0.29, 0.717) is 5.92 Å². The van der Waals surface area contributed by atoms with Crippen molar-refractivity contribution < 1.29 is 5.21 Å². The summed E-state index contributed by atoms with van der Waals surface area (Å²) in [6, 6.07) is 28.3. The number of piperidine rings is 1. The van der Waals surface area contributed by atoms with Crippen LogP contribution in [0.2, 0.25) is 0 Å². The minimum Gasteiger partial charge on any atom is -0.411 e. The van der Waals surface area contributed by atoms with Crippen molar-refractivity contribution in [3.8, 4) is 0 Å². The van der Waals surface area contributed by atoms with Crippen LogP contribution < -0.4 is 0 Å². The molecule has 0 bridgehead atoms. The number of benzene rings is 3. The predicted molar refractivity (Wildman–Crippen MR) is 148 cm³/mol. The van der Waals surface area contributed by atoms with E-state index in [4.69, 9.17) is 0 Å². The summed E-state index contributed by atoms with van der Waals surface area (Å²) < 4.78 is 0. The summed E-state index contributed by atoms with van der Waals surface area (Å²) in [5, 5.41) is 13.6. The number of nitrogens with zero attached hydrogens (tertiary/aromatic N) is 3. The first-order valence-corrected chi connectivity index (χ1v) is 13.6. The van der Waals surface area contributed by atoms with E-state index in [0.717, 1.165) is 76.2 Å². The van der Waals surface area contributed by atoms with Crippen molar-refractivity contribution in [1.82, 2.24) is 9.80 Å². The van der Waals surface area contributed by atoms with Crippen LogP contribution >= 0.6 is 0 Å². The van der Waals surface area contributed by atoms with Crippen LogP contribution in [-0.4, -0.2) is 46.9 Å². The third kappa shape index (κ3) is 6.63. The van der Waals surface area contributed by atoms with E-state index in [1.807, 2.05) is 0 Å². The number of hydrogen-bond acceptors (Lipinski definition) is 4. The molecule has 2 heterocycles. The molecule has 0 aromatic heterocycles. The first-order valence-electron chi connectivity index (χ1n) is 13.6. The summed E-state index contributed by atoms with van der Waals surface area (Å²) in [6.45, 7) is 6.53. The minimum atomic E-state index is 0.709. The van der Waals surface area contributed by atoms with Gasteiger partial charge < -0.3 is 5.21 Å². The Morgan fingerprint density at radius 2 is 1.31 bits per heavy atom. The molecule has 0 unspecified atom stereocenters. The molecule has 3 aromatic rings. The fourth-order valence-electron chi connectivity index (χ4n) is 5.82. The normalized spacial score (nSPS) is 18.1. The van der Waals surface area contributed by atoms with Gasteiger partial charge in [0.1, 0.15) is 0 Å². The second-order valence-electron chi connectivity index (χ2n) is 10.5. The van der Waals surface area contributed by atoms with Crippen LogP contribution in [0.1, 0.15) is 53.5 Å². The highest BCUT2D eigenvalue weighted by atomic mass is 16.4. The highest BCUT2D eigenvalue weighted by Crippen LogP contribution is 2.25. The summed E-state index contributed by atoms with van der Waals surface area (Å²) >= 11 is 0. The Hall–Kier alpha value is -2.95. The molecule has 2 aliphatic heterocycles. The molecule has 2 aliphatic rings. The van der Waals surface area contributed by atoms with E-state index in [9.17, 15) is 5.21 Å². The molecular weight excluding hydrogens is 442 g/mol. The van der Waals surface area contributed by atoms with Gasteiger partial charge in [0, 0.05) is 26.2 Å². The van der Waals surface area contributed by atoms with Crippen molar-refractivity contribution >= 4 is 5.71 Å². The summed E-state index contributed by atoms with van der Waals surface area (Å²) in [4.78, 5) is 5.13. The molecule has 0 aliphatic carbocycles. The van der Waals surface area contributed by atoms with Gasteiger partial charge in [-0.3, -0.25) is 9.80 Å². The molecule has 36 heavy (non-hydrogen) atoms. The van der Waals surface area contributed by atoms with Crippen molar-refractivity contribution in [2.45, 2.75) is 51.6 Å². The minimum absolute atomic E-state index is 0.709. The number of oxime groups is 1. The van der Waals surface area contributed by atoms with Crippen molar-refractivity contribution in [2.75, 3.05) is 26.2 Å². The lowest BCUT2D eigenvalue weighted by atomic mass is 9.89. The molecule has 1 N–H and O–H groups in total. The molecule has 4 nitrogen and oxygen atoms in total. The Morgan fingerprint density at radius 3 is 1.92 bits per heavy atom. The molecule has 1 fully saturated rings. The average molecular weight is 482 g/mol. The largest absolute Gasteiger partial charge is 0.411 e. The second kappa shape index (κ2) is 12.3. The van der Waals surface area contributed by atoms with Gasteiger partial charge >= 0.3 is 0 Å². The number of likely N-dealkylation sites (tertiary alicyclic amines) is 1. The van der Waals surface area contributed by atoms with E-state index in [-0.39, 0.29) is 0 Å². The Labute approximate surface area is 216 Å². The fourth-order valence-corrected chi connectivity index (χ4v) is 5.82. The van der Waals surface area contributed by atoms with Crippen molar-refractivity contribution in [1.29, 1.82) is 0 Å². The molecule has 0 amide bonds. The van der Waals surface area contributed by atoms with Gasteiger partial charge in [-0.05, 0) is 91.4 Å². The van der Waals surface area contributed by atoms with E-state index in [1.54, 1.807) is 0 Å². The van der Waals surface area contributed by atoms with E-state index in [2.05, 4.69) is 93.8 Å². The molecule has 0 radical (unpaired) electrons. The van der Waals surface area contributed by atoms with E-state index < -0.39 is 0 Å². The zero-order valence-corrected chi connectivity index (χ0v) is 21.4. The second-order valence-corrected chi connectivity index (χ2v) is 10.5. The van der Waals surface area contributed by atoms with Crippen molar-refractivity contribution in [3.05, 3.63) is 107 Å². The highest BCUT2D eigenvalue weighted by Gasteiger charge is 2.21. The molecule has 0 atom stereocenters. The first kappa shape index (κ1) is 24.7. The Morgan fingerprint density at radius 1 is 0.722 bits per heavy atom. The fraction of sp³-hybridized carbons (Fsp3) is 0.406. The molecule has 3 aromatic carbocycles. The van der Waals surface area contributed by atoms with Crippen molar-refractivity contribution in [2.24, 2.45) is 11.1 Å². The van der Waals surface area contributed by atoms with Crippen molar-refractivity contribution in [3.63, 3.8) is 0 Å². The molecular formula is C32H39N3O. The zero-order chi connectivity index (χ0) is 24.6. The monoisotopic (exact) mass is 481 g/mol. The molecule has 0 saturated carbocycles. The molecule has 1 saturated heterocycles. The maximum Gasteiger partial charge on any atom is 0.0868 e. The van der Waals surface area contributed by atoms with Crippen LogP contribution in [0.25, 0.3) is 0 Å². The molecule has 188 valence electrons. The summed E-state index contributed by atoms with van der Waals surface area (Å²) in [7, 11) is 0. The SMILES string of the molecule is ON=C(CCC1CCN(Cc2ccccc2)CC1)c1ccc2c(c1)CCN(Cc1ccccc1)CC2. The third-order valence-corrected chi connectivity index (χ3v) is 8.05. The van der Waals surface area contributed by atoms with Crippen LogP contribution in [0.3, 0.4) is 0 Å². The van der Waals surface area contributed by atoms with Gasteiger partial charge in [-0.15, -0.1) is 0 Å². The van der Waals surface area contributed by atoms with Gasteiger partial charge in [0.15, 0.2) is 0 Å². The zero-order valence-electron chi connectivity index (χ0n) is 21.4. The first-order chi connectivity index (χ1) is 17.8. The summed E-state index contributed by atoms with van der Waals surface area (Å²) in [6.07, 6.45) is 6.53. The van der Waals surface area contributed by atoms with Gasteiger partial charge in [-0.1, -0.05) is 78.0 Å². The summed E-state index contributed by atoms with van der Waals surface area (Å²) in [5.41, 5.74) is 7.57. The summed E-state index contributed by atoms with van der Waals surface area (Å²) in [5.74, 6) is 0.709. The lowest BCUT2D eigenvalue weighted by Gasteiger charge is -2.32. The van der Waals surface area contributed by atoms with Crippen LogP contribution in [0.15, 0.2) is 84.0 Å². The molecule has 4 heteroatoms. The molecule has 0 spiro atoms. The van der Waals surface area contributed by atoms with Crippen LogP contribution in [0.4, 0.5) is 0 Å². The van der Waals surface area contributed by atoms with E-state index in [1.165, 1.54) is 35.1 Å². The maximum atomic E-state index is 9.85. The lowest BCUT2D eigenvalue weighted by molar-refractivity contribution is 0.173. The highest BCUT2D eigenvalue weighted by molar-refractivity contribution is 6.00. The Balaban J connectivity index is 1.12. The van der Waals surface area contributed by atoms with Gasteiger partial charge in [-0.25, -0.2) is 0 Å². The average Bonchev–Trinajstić information content (AvgIpc) is 3.13. The number of fused-ring (bicyclic) bond motifs is 1. The van der Waals surface area contributed by atoms with Gasteiger partial charge in [-0.2, -0.15) is 0 Å². The smallest absolute Gasteiger partial charge is 0.0868 e. The van der Waals surface area contributed by atoms with Crippen LogP contribution in [-0.2, 0) is 25.9 Å². The third-order valence-electron chi connectivity index (χ3n) is 8.05.